The summed E-state index contributed by atoms with van der Waals surface area (Å²) in [5.74, 6) is 1.79. The highest BCUT2D eigenvalue weighted by atomic mass is 19.1. The van der Waals surface area contributed by atoms with Crippen LogP contribution in [0.3, 0.4) is 0 Å². The number of aromatic nitrogens is 2. The smallest absolute Gasteiger partial charge is 0.322 e. The molecule has 0 atom stereocenters. The van der Waals surface area contributed by atoms with Crippen LogP contribution in [-0.2, 0) is 6.54 Å². The molecule has 31 heavy (non-hydrogen) atoms. The predicted molar refractivity (Wildman–Crippen MR) is 116 cm³/mol. The molecular weight excluding hydrogens is 399 g/mol. The fourth-order valence-electron chi connectivity index (χ4n) is 3.74. The van der Waals surface area contributed by atoms with Crippen LogP contribution in [0.15, 0.2) is 53.1 Å². The molecule has 0 unspecified atom stereocenters. The second-order valence-electron chi connectivity index (χ2n) is 7.51. The van der Waals surface area contributed by atoms with Gasteiger partial charge < -0.3 is 19.3 Å². The molecule has 1 fully saturated rings. The average molecular weight is 426 g/mol. The van der Waals surface area contributed by atoms with Crippen LogP contribution in [0, 0.1) is 0 Å². The topological polar surface area (TPSA) is 72.7 Å². The summed E-state index contributed by atoms with van der Waals surface area (Å²) in [6, 6.07) is 16.4. The summed E-state index contributed by atoms with van der Waals surface area (Å²) in [6.45, 7) is 2.20. The van der Waals surface area contributed by atoms with E-state index in [-0.39, 0.29) is 6.61 Å². The summed E-state index contributed by atoms with van der Waals surface area (Å²) in [7, 11) is 1.58. The monoisotopic (exact) mass is 426 g/mol. The lowest BCUT2D eigenvalue weighted by atomic mass is 10.0. The maximum atomic E-state index is 12.5. The molecule has 164 valence electrons. The molecule has 1 aliphatic rings. The van der Waals surface area contributed by atoms with Crippen molar-refractivity contribution < 1.29 is 18.4 Å². The molecule has 3 aromatic rings. The molecule has 8 heteroatoms. The van der Waals surface area contributed by atoms with E-state index >= 15 is 0 Å². The maximum Gasteiger partial charge on any atom is 0.322 e. The van der Waals surface area contributed by atoms with Gasteiger partial charge in [-0.2, -0.15) is 4.98 Å². The standard InChI is InChI=1S/C23H27FN4O3/c1-29-20-8-7-17(15-21(20)30-14-11-24)16-28-12-9-19(10-13-28)25-23-26-22(27-31-23)18-5-3-2-4-6-18/h2-8,15,19H,9-14,16H2,1H3,(H,25,26,27). The van der Waals surface area contributed by atoms with Crippen LogP contribution in [0.5, 0.6) is 11.5 Å². The van der Waals surface area contributed by atoms with Crippen molar-refractivity contribution in [3.8, 4) is 22.9 Å². The van der Waals surface area contributed by atoms with Gasteiger partial charge in [0.1, 0.15) is 13.3 Å². The minimum absolute atomic E-state index is 0.0263. The zero-order chi connectivity index (χ0) is 21.5. The van der Waals surface area contributed by atoms with Gasteiger partial charge in [-0.25, -0.2) is 4.39 Å². The number of nitrogens with zero attached hydrogens (tertiary/aromatic N) is 3. The molecule has 0 aliphatic carbocycles. The van der Waals surface area contributed by atoms with Gasteiger partial charge in [0.15, 0.2) is 11.5 Å². The Kier molecular flexibility index (Phi) is 6.99. The second-order valence-corrected chi connectivity index (χ2v) is 7.51. The molecule has 4 rings (SSSR count). The van der Waals surface area contributed by atoms with Crippen LogP contribution < -0.4 is 14.8 Å². The van der Waals surface area contributed by atoms with Crippen LogP contribution in [0.2, 0.25) is 0 Å². The fourth-order valence-corrected chi connectivity index (χ4v) is 3.74. The molecule has 0 saturated carbocycles. The summed E-state index contributed by atoms with van der Waals surface area (Å²) >= 11 is 0. The van der Waals surface area contributed by atoms with E-state index < -0.39 is 6.67 Å². The van der Waals surface area contributed by atoms with E-state index in [4.69, 9.17) is 14.0 Å². The number of benzene rings is 2. The van der Waals surface area contributed by atoms with E-state index in [1.165, 1.54) is 0 Å². The number of anilines is 1. The number of halogens is 1. The van der Waals surface area contributed by atoms with Crippen molar-refractivity contribution in [2.45, 2.75) is 25.4 Å². The molecule has 1 aromatic heterocycles. The number of piperidine rings is 1. The van der Waals surface area contributed by atoms with Crippen molar-refractivity contribution in [2.24, 2.45) is 0 Å². The third kappa shape index (κ3) is 5.52. The van der Waals surface area contributed by atoms with Gasteiger partial charge in [0.2, 0.25) is 5.82 Å². The fraction of sp³-hybridized carbons (Fsp3) is 0.391. The summed E-state index contributed by atoms with van der Waals surface area (Å²) in [6.07, 6.45) is 1.95. The lowest BCUT2D eigenvalue weighted by molar-refractivity contribution is 0.209. The Labute approximate surface area is 181 Å². The van der Waals surface area contributed by atoms with E-state index in [1.54, 1.807) is 7.11 Å². The summed E-state index contributed by atoms with van der Waals surface area (Å²) in [5.41, 5.74) is 2.05. The van der Waals surface area contributed by atoms with Gasteiger partial charge in [0.25, 0.3) is 0 Å². The highest BCUT2D eigenvalue weighted by Crippen LogP contribution is 2.29. The number of alkyl halides is 1. The molecule has 0 radical (unpaired) electrons. The van der Waals surface area contributed by atoms with Crippen LogP contribution >= 0.6 is 0 Å². The number of hydrogen-bond donors (Lipinski definition) is 1. The minimum Gasteiger partial charge on any atom is -0.493 e. The van der Waals surface area contributed by atoms with Gasteiger partial charge in [-0.1, -0.05) is 41.6 Å². The third-order valence-corrected chi connectivity index (χ3v) is 5.34. The van der Waals surface area contributed by atoms with E-state index in [2.05, 4.69) is 20.4 Å². The first-order valence-electron chi connectivity index (χ1n) is 10.5. The quantitative estimate of drug-likeness (QED) is 0.551. The van der Waals surface area contributed by atoms with E-state index in [9.17, 15) is 4.39 Å². The SMILES string of the molecule is COc1ccc(CN2CCC(Nc3nc(-c4ccccc4)no3)CC2)cc1OCCF. The Hall–Kier alpha value is -3.13. The third-order valence-electron chi connectivity index (χ3n) is 5.34. The molecule has 2 heterocycles. The van der Waals surface area contributed by atoms with E-state index in [0.29, 0.717) is 29.4 Å². The number of methoxy groups -OCH3 is 1. The zero-order valence-corrected chi connectivity index (χ0v) is 17.6. The predicted octanol–water partition coefficient (Wildman–Crippen LogP) is 4.17. The molecule has 0 spiro atoms. The Bertz CT molecular complexity index is 958. The Balaban J connectivity index is 1.29. The van der Waals surface area contributed by atoms with Crippen molar-refractivity contribution in [1.29, 1.82) is 0 Å². The van der Waals surface area contributed by atoms with Crippen molar-refractivity contribution in [3.05, 3.63) is 54.1 Å². The van der Waals surface area contributed by atoms with Crippen molar-refractivity contribution in [1.82, 2.24) is 15.0 Å². The maximum absolute atomic E-state index is 12.5. The highest BCUT2D eigenvalue weighted by Gasteiger charge is 2.21. The zero-order valence-electron chi connectivity index (χ0n) is 17.6. The number of nitrogens with one attached hydrogen (secondary N) is 1. The molecule has 0 bridgehead atoms. The normalized spacial score (nSPS) is 15.0. The van der Waals surface area contributed by atoms with Crippen LogP contribution in [0.1, 0.15) is 18.4 Å². The van der Waals surface area contributed by atoms with Crippen molar-refractivity contribution in [2.75, 3.05) is 38.8 Å². The minimum atomic E-state index is -0.527. The summed E-state index contributed by atoms with van der Waals surface area (Å²) < 4.78 is 28.6. The molecule has 2 aromatic carbocycles. The summed E-state index contributed by atoms with van der Waals surface area (Å²) in [5, 5.41) is 7.43. The second kappa shape index (κ2) is 10.3. The first-order chi connectivity index (χ1) is 15.2. The van der Waals surface area contributed by atoms with Gasteiger partial charge in [0, 0.05) is 31.2 Å². The van der Waals surface area contributed by atoms with Gasteiger partial charge in [-0.15, -0.1) is 0 Å². The van der Waals surface area contributed by atoms with Crippen LogP contribution in [-0.4, -0.2) is 54.6 Å². The summed E-state index contributed by atoms with van der Waals surface area (Å²) in [4.78, 5) is 6.85. The van der Waals surface area contributed by atoms with Gasteiger partial charge >= 0.3 is 6.01 Å². The lowest BCUT2D eigenvalue weighted by Gasteiger charge is -2.32. The van der Waals surface area contributed by atoms with Gasteiger partial charge in [0.05, 0.1) is 7.11 Å². The Morgan fingerprint density at radius 3 is 2.68 bits per heavy atom. The first kappa shape index (κ1) is 21.1. The molecule has 0 amide bonds. The lowest BCUT2D eigenvalue weighted by Crippen LogP contribution is -2.38. The molecule has 1 saturated heterocycles. The highest BCUT2D eigenvalue weighted by molar-refractivity contribution is 5.55. The van der Waals surface area contributed by atoms with Crippen LogP contribution in [0.4, 0.5) is 10.4 Å². The molecule has 7 nitrogen and oxygen atoms in total. The Morgan fingerprint density at radius 2 is 1.94 bits per heavy atom. The molecular formula is C23H27FN4O3. The molecule has 1 N–H and O–H groups in total. The van der Waals surface area contributed by atoms with E-state index in [1.807, 2.05) is 48.5 Å². The Morgan fingerprint density at radius 1 is 1.13 bits per heavy atom. The number of rotatable bonds is 9. The van der Waals surface area contributed by atoms with Gasteiger partial charge in [-0.3, -0.25) is 4.90 Å². The van der Waals surface area contributed by atoms with E-state index in [0.717, 1.165) is 43.6 Å². The van der Waals surface area contributed by atoms with Gasteiger partial charge in [-0.05, 0) is 30.5 Å². The van der Waals surface area contributed by atoms with Crippen molar-refractivity contribution >= 4 is 6.01 Å². The average Bonchev–Trinajstić information content (AvgIpc) is 3.28. The number of hydrogen-bond acceptors (Lipinski definition) is 7. The molecule has 1 aliphatic heterocycles. The van der Waals surface area contributed by atoms with Crippen LogP contribution in [0.25, 0.3) is 11.4 Å². The first-order valence-corrected chi connectivity index (χ1v) is 10.5. The number of ether oxygens (including phenoxy) is 2. The largest absolute Gasteiger partial charge is 0.493 e. The van der Waals surface area contributed by atoms with Crippen molar-refractivity contribution in [3.63, 3.8) is 0 Å². The number of likely N-dealkylation sites (tertiary alicyclic amines) is 1.